The minimum atomic E-state index is -0.216. The summed E-state index contributed by atoms with van der Waals surface area (Å²) in [5.74, 6) is -0.202. The first kappa shape index (κ1) is 21.0. The van der Waals surface area contributed by atoms with Crippen molar-refractivity contribution in [1.82, 2.24) is 4.90 Å². The SMILES string of the molecule is O=C1CCc2cc(C(=O)CCN3CCCCC3Cc3ccc(F)cc3)c(Cl)cc2N1. The Kier molecular flexibility index (Phi) is 6.49. The normalized spacial score (nSPS) is 19.3. The molecule has 0 aromatic heterocycles. The predicted molar refractivity (Wildman–Crippen MR) is 117 cm³/mol. The molecule has 158 valence electrons. The molecule has 1 unspecified atom stereocenters. The Labute approximate surface area is 181 Å². The number of carbonyl (C=O) groups excluding carboxylic acids is 2. The van der Waals surface area contributed by atoms with Crippen molar-refractivity contribution in [3.05, 3.63) is 63.9 Å². The molecule has 1 atom stereocenters. The fourth-order valence-corrected chi connectivity index (χ4v) is 4.74. The molecule has 0 saturated carbocycles. The fraction of sp³-hybridized carbons (Fsp3) is 0.417. The maximum Gasteiger partial charge on any atom is 0.224 e. The Hall–Kier alpha value is -2.24. The molecule has 2 aliphatic heterocycles. The van der Waals surface area contributed by atoms with Crippen LogP contribution in [0.4, 0.5) is 10.1 Å². The Morgan fingerprint density at radius 3 is 2.77 bits per heavy atom. The average molecular weight is 429 g/mol. The summed E-state index contributed by atoms with van der Waals surface area (Å²) in [6, 6.07) is 10.6. The van der Waals surface area contributed by atoms with E-state index in [-0.39, 0.29) is 17.5 Å². The molecule has 4 rings (SSSR count). The number of fused-ring (bicyclic) bond motifs is 1. The van der Waals surface area contributed by atoms with Crippen molar-refractivity contribution >= 4 is 29.0 Å². The molecule has 0 aliphatic carbocycles. The lowest BCUT2D eigenvalue weighted by Gasteiger charge is -2.35. The number of ketones is 1. The summed E-state index contributed by atoms with van der Waals surface area (Å²) in [5.41, 5.74) is 3.34. The monoisotopic (exact) mass is 428 g/mol. The molecule has 1 fully saturated rings. The zero-order valence-electron chi connectivity index (χ0n) is 16.9. The third-order valence-corrected chi connectivity index (χ3v) is 6.46. The van der Waals surface area contributed by atoms with Crippen LogP contribution in [0.5, 0.6) is 0 Å². The lowest BCUT2D eigenvalue weighted by molar-refractivity contribution is -0.116. The number of likely N-dealkylation sites (tertiary alicyclic amines) is 1. The van der Waals surface area contributed by atoms with Gasteiger partial charge in [-0.25, -0.2) is 4.39 Å². The van der Waals surface area contributed by atoms with Gasteiger partial charge in [-0.05, 0) is 67.6 Å². The van der Waals surface area contributed by atoms with Gasteiger partial charge in [-0.3, -0.25) is 14.5 Å². The van der Waals surface area contributed by atoms with Crippen molar-refractivity contribution in [2.45, 2.75) is 51.0 Å². The number of aryl methyl sites for hydroxylation is 1. The van der Waals surface area contributed by atoms with Crippen LogP contribution in [0, 0.1) is 5.82 Å². The van der Waals surface area contributed by atoms with Crippen LogP contribution in [0.25, 0.3) is 0 Å². The highest BCUT2D eigenvalue weighted by Gasteiger charge is 2.24. The van der Waals surface area contributed by atoms with Gasteiger partial charge in [0.25, 0.3) is 0 Å². The topological polar surface area (TPSA) is 49.4 Å². The first-order valence-electron chi connectivity index (χ1n) is 10.6. The Balaban J connectivity index is 1.40. The molecule has 1 saturated heterocycles. The van der Waals surface area contributed by atoms with E-state index in [9.17, 15) is 14.0 Å². The average Bonchev–Trinajstić information content (AvgIpc) is 2.74. The smallest absolute Gasteiger partial charge is 0.224 e. The second-order valence-electron chi connectivity index (χ2n) is 8.23. The minimum absolute atomic E-state index is 0.0186. The summed E-state index contributed by atoms with van der Waals surface area (Å²) >= 11 is 6.36. The van der Waals surface area contributed by atoms with Gasteiger partial charge in [0.2, 0.25) is 5.91 Å². The van der Waals surface area contributed by atoms with Crippen molar-refractivity contribution in [2.75, 3.05) is 18.4 Å². The van der Waals surface area contributed by atoms with Crippen LogP contribution in [0.1, 0.15) is 53.6 Å². The van der Waals surface area contributed by atoms with Crippen molar-refractivity contribution < 1.29 is 14.0 Å². The van der Waals surface area contributed by atoms with Gasteiger partial charge in [0, 0.05) is 36.7 Å². The van der Waals surface area contributed by atoms with Gasteiger partial charge in [0.05, 0.1) is 5.02 Å². The molecule has 0 spiro atoms. The molecule has 2 aromatic carbocycles. The second-order valence-corrected chi connectivity index (χ2v) is 8.63. The van der Waals surface area contributed by atoms with E-state index in [1.165, 1.54) is 18.6 Å². The number of hydrogen-bond acceptors (Lipinski definition) is 3. The van der Waals surface area contributed by atoms with Crippen molar-refractivity contribution in [1.29, 1.82) is 0 Å². The van der Waals surface area contributed by atoms with Crippen LogP contribution in [0.3, 0.4) is 0 Å². The maximum atomic E-state index is 13.2. The number of carbonyl (C=O) groups is 2. The van der Waals surface area contributed by atoms with Crippen LogP contribution in [-0.4, -0.2) is 35.7 Å². The number of amides is 1. The molecular formula is C24H26ClFN2O2. The van der Waals surface area contributed by atoms with Gasteiger partial charge in [-0.15, -0.1) is 0 Å². The van der Waals surface area contributed by atoms with Crippen LogP contribution < -0.4 is 5.32 Å². The minimum Gasteiger partial charge on any atom is -0.326 e. The summed E-state index contributed by atoms with van der Waals surface area (Å²) in [6.45, 7) is 1.66. The zero-order chi connectivity index (χ0) is 21.1. The van der Waals surface area contributed by atoms with E-state index in [4.69, 9.17) is 11.6 Å². The van der Waals surface area contributed by atoms with Crippen LogP contribution in [0.2, 0.25) is 5.02 Å². The number of piperidine rings is 1. The molecule has 2 heterocycles. The highest BCUT2D eigenvalue weighted by molar-refractivity contribution is 6.34. The predicted octanol–water partition coefficient (Wildman–Crippen LogP) is 5.03. The number of benzene rings is 2. The van der Waals surface area contributed by atoms with Gasteiger partial charge in [0.1, 0.15) is 5.82 Å². The van der Waals surface area contributed by atoms with E-state index in [0.29, 0.717) is 48.1 Å². The summed E-state index contributed by atoms with van der Waals surface area (Å²) in [6.07, 6.45) is 5.74. The lowest BCUT2D eigenvalue weighted by atomic mass is 9.94. The maximum absolute atomic E-state index is 13.2. The number of halogens is 2. The molecule has 0 radical (unpaired) electrons. The first-order valence-corrected chi connectivity index (χ1v) is 11.0. The number of hydrogen-bond donors (Lipinski definition) is 1. The van der Waals surface area contributed by atoms with E-state index < -0.39 is 0 Å². The van der Waals surface area contributed by atoms with Crippen LogP contribution in [-0.2, 0) is 17.6 Å². The third kappa shape index (κ3) is 4.90. The number of Topliss-reactive ketones (excluding diaryl/α,β-unsaturated/α-hetero) is 1. The molecule has 1 N–H and O–H groups in total. The quantitative estimate of drug-likeness (QED) is 0.656. The fourth-order valence-electron chi connectivity index (χ4n) is 4.47. The van der Waals surface area contributed by atoms with E-state index in [1.54, 1.807) is 6.07 Å². The largest absolute Gasteiger partial charge is 0.326 e. The highest BCUT2D eigenvalue weighted by atomic mass is 35.5. The molecule has 30 heavy (non-hydrogen) atoms. The molecular weight excluding hydrogens is 403 g/mol. The van der Waals surface area contributed by atoms with Gasteiger partial charge in [-0.2, -0.15) is 0 Å². The number of nitrogens with one attached hydrogen (secondary N) is 1. The van der Waals surface area contributed by atoms with Crippen LogP contribution in [0.15, 0.2) is 36.4 Å². The van der Waals surface area contributed by atoms with E-state index in [0.717, 1.165) is 36.9 Å². The third-order valence-electron chi connectivity index (χ3n) is 6.15. The number of nitrogens with zero attached hydrogens (tertiary/aromatic N) is 1. The van der Waals surface area contributed by atoms with Gasteiger partial charge in [0.15, 0.2) is 5.78 Å². The summed E-state index contributed by atoms with van der Waals surface area (Å²) in [7, 11) is 0. The summed E-state index contributed by atoms with van der Waals surface area (Å²) in [5, 5.41) is 3.21. The lowest BCUT2D eigenvalue weighted by Crippen LogP contribution is -2.42. The van der Waals surface area contributed by atoms with Crippen molar-refractivity contribution in [2.24, 2.45) is 0 Å². The Bertz CT molecular complexity index is 945. The second kappa shape index (κ2) is 9.27. The first-order chi connectivity index (χ1) is 14.5. The molecule has 1 amide bonds. The zero-order valence-corrected chi connectivity index (χ0v) is 17.7. The van der Waals surface area contributed by atoms with E-state index in [2.05, 4.69) is 10.2 Å². The molecule has 2 aliphatic rings. The standard InChI is InChI=1S/C24H26ClFN2O2/c25-21-15-22-17(6-9-24(30)27-22)14-20(21)23(29)10-12-28-11-2-1-3-19(28)13-16-4-7-18(26)8-5-16/h4-5,7-8,14-15,19H,1-3,6,9-13H2,(H,27,30). The Morgan fingerprint density at radius 1 is 1.17 bits per heavy atom. The summed E-state index contributed by atoms with van der Waals surface area (Å²) in [4.78, 5) is 26.9. The van der Waals surface area contributed by atoms with E-state index in [1.807, 2.05) is 18.2 Å². The van der Waals surface area contributed by atoms with Gasteiger partial charge >= 0.3 is 0 Å². The molecule has 4 nitrogen and oxygen atoms in total. The van der Waals surface area contributed by atoms with Crippen LogP contribution >= 0.6 is 11.6 Å². The summed E-state index contributed by atoms with van der Waals surface area (Å²) < 4.78 is 13.2. The van der Waals surface area contributed by atoms with Crippen molar-refractivity contribution in [3.8, 4) is 0 Å². The van der Waals surface area contributed by atoms with E-state index >= 15 is 0 Å². The molecule has 0 bridgehead atoms. The Morgan fingerprint density at radius 2 is 1.97 bits per heavy atom. The van der Waals surface area contributed by atoms with Crippen molar-refractivity contribution in [3.63, 3.8) is 0 Å². The highest BCUT2D eigenvalue weighted by Crippen LogP contribution is 2.30. The van der Waals surface area contributed by atoms with Gasteiger partial charge in [-0.1, -0.05) is 30.2 Å². The van der Waals surface area contributed by atoms with Gasteiger partial charge < -0.3 is 5.32 Å². The molecule has 6 heteroatoms. The molecule has 2 aromatic rings. The number of rotatable bonds is 6. The number of anilines is 1.